The van der Waals surface area contributed by atoms with Gasteiger partial charge in [-0.3, -0.25) is 4.98 Å². The van der Waals surface area contributed by atoms with E-state index in [-0.39, 0.29) is 11.9 Å². The first-order valence-electron chi connectivity index (χ1n) is 3.81. The lowest BCUT2D eigenvalue weighted by atomic mass is 10.0. The number of pyridine rings is 1. The third-order valence-electron chi connectivity index (χ3n) is 1.99. The average molecular weight is 187 g/mol. The Hall–Kier alpha value is -0.670. The van der Waals surface area contributed by atoms with Crippen molar-refractivity contribution in [3.63, 3.8) is 0 Å². The summed E-state index contributed by atoms with van der Waals surface area (Å²) in [6, 6.07) is 1.38. The third kappa shape index (κ3) is 1.30. The molecule has 0 aromatic carbocycles. The van der Waals surface area contributed by atoms with E-state index in [2.05, 4.69) is 10.3 Å². The van der Waals surface area contributed by atoms with E-state index in [0.717, 1.165) is 13.0 Å². The SMILES string of the molecule is Fc1cc(Cl)cnc1C1CCN1. The van der Waals surface area contributed by atoms with Crippen molar-refractivity contribution in [1.82, 2.24) is 10.3 Å². The third-order valence-corrected chi connectivity index (χ3v) is 2.20. The summed E-state index contributed by atoms with van der Waals surface area (Å²) in [5, 5.41) is 3.42. The topological polar surface area (TPSA) is 24.9 Å². The zero-order valence-corrected chi connectivity index (χ0v) is 7.11. The summed E-state index contributed by atoms with van der Waals surface area (Å²) in [5.41, 5.74) is 0.477. The molecular formula is C8H8ClFN2. The van der Waals surface area contributed by atoms with Crippen LogP contribution in [0.5, 0.6) is 0 Å². The van der Waals surface area contributed by atoms with Gasteiger partial charge in [0, 0.05) is 6.20 Å². The summed E-state index contributed by atoms with van der Waals surface area (Å²) >= 11 is 5.56. The molecule has 1 aliphatic rings. The molecule has 0 amide bonds. The predicted octanol–water partition coefficient (Wildman–Crippen LogP) is 1.91. The molecule has 2 nitrogen and oxygen atoms in total. The molecule has 1 aromatic rings. The van der Waals surface area contributed by atoms with Gasteiger partial charge in [-0.1, -0.05) is 11.6 Å². The molecule has 1 atom stereocenters. The van der Waals surface area contributed by atoms with Gasteiger partial charge in [-0.25, -0.2) is 4.39 Å². The van der Waals surface area contributed by atoms with Crippen LogP contribution in [0.2, 0.25) is 5.02 Å². The number of nitrogens with one attached hydrogen (secondary N) is 1. The summed E-state index contributed by atoms with van der Waals surface area (Å²) in [4.78, 5) is 3.93. The van der Waals surface area contributed by atoms with E-state index in [4.69, 9.17) is 11.6 Å². The lowest BCUT2D eigenvalue weighted by molar-refractivity contribution is 0.361. The fourth-order valence-electron chi connectivity index (χ4n) is 1.20. The van der Waals surface area contributed by atoms with Gasteiger partial charge in [-0.15, -0.1) is 0 Å². The first kappa shape index (κ1) is 7.95. The van der Waals surface area contributed by atoms with E-state index in [9.17, 15) is 4.39 Å². The van der Waals surface area contributed by atoms with Crippen molar-refractivity contribution in [1.29, 1.82) is 0 Å². The van der Waals surface area contributed by atoms with Gasteiger partial charge in [0.25, 0.3) is 0 Å². The van der Waals surface area contributed by atoms with Gasteiger partial charge < -0.3 is 5.32 Å². The van der Waals surface area contributed by atoms with Gasteiger partial charge in [0.2, 0.25) is 0 Å². The van der Waals surface area contributed by atoms with Crippen molar-refractivity contribution >= 4 is 11.6 Å². The molecule has 1 saturated heterocycles. The summed E-state index contributed by atoms with van der Waals surface area (Å²) < 4.78 is 13.1. The highest BCUT2D eigenvalue weighted by Gasteiger charge is 2.22. The molecule has 1 aliphatic heterocycles. The van der Waals surface area contributed by atoms with E-state index in [1.807, 2.05) is 0 Å². The maximum atomic E-state index is 13.1. The van der Waals surface area contributed by atoms with Crippen LogP contribution in [0.25, 0.3) is 0 Å². The predicted molar refractivity (Wildman–Crippen MR) is 44.6 cm³/mol. The molecule has 0 bridgehead atoms. The van der Waals surface area contributed by atoms with Gasteiger partial charge in [0.05, 0.1) is 16.8 Å². The second-order valence-electron chi connectivity index (χ2n) is 2.82. The molecule has 64 valence electrons. The lowest BCUT2D eigenvalue weighted by Crippen LogP contribution is -2.36. The smallest absolute Gasteiger partial charge is 0.147 e. The highest BCUT2D eigenvalue weighted by molar-refractivity contribution is 6.30. The summed E-state index contributed by atoms with van der Waals surface area (Å²) in [6.07, 6.45) is 2.42. The maximum Gasteiger partial charge on any atom is 0.147 e. The minimum Gasteiger partial charge on any atom is -0.308 e. The van der Waals surface area contributed by atoms with E-state index in [1.54, 1.807) is 0 Å². The van der Waals surface area contributed by atoms with Crippen molar-refractivity contribution in [2.75, 3.05) is 6.54 Å². The molecule has 4 heteroatoms. The number of hydrogen-bond donors (Lipinski definition) is 1. The Kier molecular flexibility index (Phi) is 1.98. The number of aromatic nitrogens is 1. The van der Waals surface area contributed by atoms with Crippen molar-refractivity contribution in [2.45, 2.75) is 12.5 Å². The van der Waals surface area contributed by atoms with Crippen LogP contribution in [-0.4, -0.2) is 11.5 Å². The van der Waals surface area contributed by atoms with Gasteiger partial charge in [-0.2, -0.15) is 0 Å². The van der Waals surface area contributed by atoms with Crippen LogP contribution >= 0.6 is 11.6 Å². The highest BCUT2D eigenvalue weighted by Crippen LogP contribution is 2.24. The van der Waals surface area contributed by atoms with E-state index < -0.39 is 0 Å². The average Bonchev–Trinajstić information content (AvgIpc) is 1.91. The second kappa shape index (κ2) is 2.99. The molecule has 0 aliphatic carbocycles. The highest BCUT2D eigenvalue weighted by atomic mass is 35.5. The minimum atomic E-state index is -0.320. The lowest BCUT2D eigenvalue weighted by Gasteiger charge is -2.27. The van der Waals surface area contributed by atoms with Crippen LogP contribution in [0.3, 0.4) is 0 Å². The molecule has 2 heterocycles. The van der Waals surface area contributed by atoms with Crippen LogP contribution in [0.1, 0.15) is 18.2 Å². The molecule has 2 rings (SSSR count). The Morgan fingerprint density at radius 1 is 1.67 bits per heavy atom. The largest absolute Gasteiger partial charge is 0.308 e. The zero-order chi connectivity index (χ0) is 8.55. The molecule has 0 radical (unpaired) electrons. The molecule has 1 unspecified atom stereocenters. The van der Waals surface area contributed by atoms with Gasteiger partial charge in [-0.05, 0) is 19.0 Å². The number of nitrogens with zero attached hydrogens (tertiary/aromatic N) is 1. The van der Waals surface area contributed by atoms with Crippen LogP contribution < -0.4 is 5.32 Å². The molecule has 0 spiro atoms. The molecule has 1 N–H and O–H groups in total. The first-order valence-corrected chi connectivity index (χ1v) is 4.19. The fourth-order valence-corrected chi connectivity index (χ4v) is 1.35. The van der Waals surface area contributed by atoms with Crippen LogP contribution in [0.15, 0.2) is 12.3 Å². The Bertz CT molecular complexity index is 299. The Morgan fingerprint density at radius 2 is 2.42 bits per heavy atom. The quantitative estimate of drug-likeness (QED) is 0.725. The maximum absolute atomic E-state index is 13.1. The fraction of sp³-hybridized carbons (Fsp3) is 0.375. The van der Waals surface area contributed by atoms with Crippen molar-refractivity contribution in [2.24, 2.45) is 0 Å². The number of hydrogen-bond acceptors (Lipinski definition) is 2. The van der Waals surface area contributed by atoms with Crippen molar-refractivity contribution in [3.05, 3.63) is 28.8 Å². The van der Waals surface area contributed by atoms with E-state index in [1.165, 1.54) is 12.3 Å². The number of rotatable bonds is 1. The summed E-state index contributed by atoms with van der Waals surface area (Å²) in [5.74, 6) is -0.320. The standard InChI is InChI=1S/C8H8ClFN2/c9-5-3-6(10)8(12-4-5)7-1-2-11-7/h3-4,7,11H,1-2H2. The second-order valence-corrected chi connectivity index (χ2v) is 3.25. The van der Waals surface area contributed by atoms with E-state index >= 15 is 0 Å². The first-order chi connectivity index (χ1) is 5.77. The van der Waals surface area contributed by atoms with Crippen LogP contribution in [-0.2, 0) is 0 Å². The monoisotopic (exact) mass is 186 g/mol. The molecule has 0 saturated carbocycles. The minimum absolute atomic E-state index is 0.0854. The Balaban J connectivity index is 2.31. The Labute approximate surface area is 74.8 Å². The van der Waals surface area contributed by atoms with Crippen LogP contribution in [0.4, 0.5) is 4.39 Å². The molecule has 12 heavy (non-hydrogen) atoms. The summed E-state index contributed by atoms with van der Waals surface area (Å²) in [7, 11) is 0. The molecular weight excluding hydrogens is 179 g/mol. The van der Waals surface area contributed by atoms with Gasteiger partial charge in [0.15, 0.2) is 0 Å². The Morgan fingerprint density at radius 3 is 2.92 bits per heavy atom. The number of halogens is 2. The summed E-state index contributed by atoms with van der Waals surface area (Å²) in [6.45, 7) is 0.939. The normalized spacial score (nSPS) is 22.0. The molecule has 1 fully saturated rings. The van der Waals surface area contributed by atoms with E-state index in [0.29, 0.717) is 10.7 Å². The molecule has 1 aromatic heterocycles. The van der Waals surface area contributed by atoms with Crippen molar-refractivity contribution in [3.8, 4) is 0 Å². The van der Waals surface area contributed by atoms with Crippen LogP contribution in [0, 0.1) is 5.82 Å². The zero-order valence-electron chi connectivity index (χ0n) is 6.35. The van der Waals surface area contributed by atoms with Crippen molar-refractivity contribution < 1.29 is 4.39 Å². The van der Waals surface area contributed by atoms with Gasteiger partial charge >= 0.3 is 0 Å². The van der Waals surface area contributed by atoms with Gasteiger partial charge in [0.1, 0.15) is 5.82 Å².